The number of carbonyl (C=O) groups excluding carboxylic acids is 1. The molecule has 0 aliphatic carbocycles. The van der Waals surface area contributed by atoms with E-state index in [9.17, 15) is 4.79 Å². The van der Waals surface area contributed by atoms with E-state index in [1.165, 1.54) is 0 Å². The molecule has 0 aromatic heterocycles. The number of hydrogen-bond acceptors (Lipinski definition) is 4. The van der Waals surface area contributed by atoms with Crippen molar-refractivity contribution in [2.24, 2.45) is 0 Å². The molecule has 1 fully saturated rings. The fourth-order valence-corrected chi connectivity index (χ4v) is 0.686. The van der Waals surface area contributed by atoms with E-state index >= 15 is 0 Å². The van der Waals surface area contributed by atoms with E-state index in [1.807, 2.05) is 0 Å². The molecule has 12 heavy (non-hydrogen) atoms. The number of nitrogens with zero attached hydrogens (tertiary/aromatic N) is 1. The minimum Gasteiger partial charge on any atom is -0.396 e. The van der Waals surface area contributed by atoms with E-state index in [0.29, 0.717) is 12.0 Å². The van der Waals surface area contributed by atoms with Gasteiger partial charge in [-0.3, -0.25) is 0 Å². The maximum absolute atomic E-state index is 11.1. The summed E-state index contributed by atoms with van der Waals surface area (Å²) < 4.78 is 0. The fraction of sp³-hybridized carbons (Fsp3) is 0.625. The third kappa shape index (κ3) is 3.02. The number of rotatable bonds is 4. The highest BCUT2D eigenvalue weighted by Gasteiger charge is 2.22. The predicted octanol–water partition coefficient (Wildman–Crippen LogP) is 0.0889. The van der Waals surface area contributed by atoms with Crippen molar-refractivity contribution >= 4 is 5.97 Å². The SMILES string of the molecule is CC(=CCCO)C(=O)ON1CC1. The van der Waals surface area contributed by atoms with Gasteiger partial charge in [-0.05, 0) is 13.3 Å². The van der Waals surface area contributed by atoms with Crippen molar-refractivity contribution in [3.63, 3.8) is 0 Å². The molecule has 0 aromatic carbocycles. The second-order valence-electron chi connectivity index (χ2n) is 2.71. The molecule has 4 nitrogen and oxygen atoms in total. The van der Waals surface area contributed by atoms with Crippen LogP contribution < -0.4 is 0 Å². The normalized spacial score (nSPS) is 17.7. The molecule has 0 radical (unpaired) electrons. The molecule has 1 saturated heterocycles. The first kappa shape index (κ1) is 9.22. The quantitative estimate of drug-likeness (QED) is 0.481. The third-order valence-electron chi connectivity index (χ3n) is 1.52. The molecule has 4 heteroatoms. The van der Waals surface area contributed by atoms with Gasteiger partial charge >= 0.3 is 5.97 Å². The van der Waals surface area contributed by atoms with Crippen molar-refractivity contribution in [3.8, 4) is 0 Å². The summed E-state index contributed by atoms with van der Waals surface area (Å²) in [4.78, 5) is 16.0. The lowest BCUT2D eigenvalue weighted by atomic mass is 10.2. The first-order chi connectivity index (χ1) is 5.74. The van der Waals surface area contributed by atoms with Crippen LogP contribution in [-0.4, -0.2) is 35.8 Å². The van der Waals surface area contributed by atoms with Crippen molar-refractivity contribution in [2.75, 3.05) is 19.7 Å². The van der Waals surface area contributed by atoms with E-state index in [1.54, 1.807) is 18.1 Å². The Balaban J connectivity index is 2.28. The van der Waals surface area contributed by atoms with Crippen LogP contribution >= 0.6 is 0 Å². The molecule has 1 aliphatic rings. The summed E-state index contributed by atoms with van der Waals surface area (Å²) in [7, 11) is 0. The van der Waals surface area contributed by atoms with Gasteiger partial charge in [-0.25, -0.2) is 4.79 Å². The van der Waals surface area contributed by atoms with Crippen LogP contribution in [0.5, 0.6) is 0 Å². The van der Waals surface area contributed by atoms with Gasteiger partial charge in [0.25, 0.3) is 0 Å². The molecule has 0 bridgehead atoms. The Morgan fingerprint density at radius 3 is 2.83 bits per heavy atom. The van der Waals surface area contributed by atoms with Crippen LogP contribution in [0.15, 0.2) is 11.6 Å². The average molecular weight is 171 g/mol. The van der Waals surface area contributed by atoms with Crippen LogP contribution in [0.4, 0.5) is 0 Å². The molecule has 1 rings (SSSR count). The molecule has 0 spiro atoms. The molecule has 68 valence electrons. The highest BCUT2D eigenvalue weighted by molar-refractivity contribution is 5.87. The lowest BCUT2D eigenvalue weighted by molar-refractivity contribution is -0.160. The molecule has 1 heterocycles. The molecule has 0 aromatic rings. The van der Waals surface area contributed by atoms with Gasteiger partial charge in [-0.1, -0.05) is 6.08 Å². The highest BCUT2D eigenvalue weighted by Crippen LogP contribution is 2.08. The number of aliphatic hydroxyl groups excluding tert-OH is 1. The lowest BCUT2D eigenvalue weighted by Gasteiger charge is -2.02. The maximum atomic E-state index is 11.1. The molecular weight excluding hydrogens is 158 g/mol. The van der Waals surface area contributed by atoms with Gasteiger partial charge in [0.2, 0.25) is 0 Å². The average Bonchev–Trinajstić information content (AvgIpc) is 2.83. The van der Waals surface area contributed by atoms with Gasteiger partial charge in [-0.2, -0.15) is 0 Å². The van der Waals surface area contributed by atoms with Crippen LogP contribution in [0.2, 0.25) is 0 Å². The van der Waals surface area contributed by atoms with Gasteiger partial charge in [0.15, 0.2) is 0 Å². The van der Waals surface area contributed by atoms with Crippen LogP contribution in [0, 0.1) is 0 Å². The van der Waals surface area contributed by atoms with E-state index in [4.69, 9.17) is 9.94 Å². The van der Waals surface area contributed by atoms with Crippen molar-refractivity contribution in [1.29, 1.82) is 0 Å². The lowest BCUT2D eigenvalue weighted by Crippen LogP contribution is -2.10. The zero-order chi connectivity index (χ0) is 8.97. The molecule has 0 saturated carbocycles. The van der Waals surface area contributed by atoms with Crippen molar-refractivity contribution < 1.29 is 14.7 Å². The highest BCUT2D eigenvalue weighted by atomic mass is 16.7. The summed E-state index contributed by atoms with van der Waals surface area (Å²) in [5.41, 5.74) is 0.552. The minimum absolute atomic E-state index is 0.0638. The van der Waals surface area contributed by atoms with Gasteiger partial charge < -0.3 is 9.94 Å². The summed E-state index contributed by atoms with van der Waals surface area (Å²) in [6.45, 7) is 3.41. The summed E-state index contributed by atoms with van der Waals surface area (Å²) in [5.74, 6) is -0.319. The second kappa shape index (κ2) is 4.23. The molecule has 0 unspecified atom stereocenters. The summed E-state index contributed by atoms with van der Waals surface area (Å²) >= 11 is 0. The summed E-state index contributed by atoms with van der Waals surface area (Å²) in [6, 6.07) is 0. The number of hydrogen-bond donors (Lipinski definition) is 1. The molecule has 0 atom stereocenters. The molecular formula is C8H13NO3. The van der Waals surface area contributed by atoms with Crippen molar-refractivity contribution in [3.05, 3.63) is 11.6 Å². The standard InChI is InChI=1S/C8H13NO3/c1-7(3-2-6-10)8(11)12-9-4-5-9/h3,10H,2,4-6H2,1H3. The van der Waals surface area contributed by atoms with Crippen molar-refractivity contribution in [2.45, 2.75) is 13.3 Å². The summed E-state index contributed by atoms with van der Waals surface area (Å²) in [6.07, 6.45) is 2.17. The van der Waals surface area contributed by atoms with E-state index in [0.717, 1.165) is 13.1 Å². The van der Waals surface area contributed by atoms with Gasteiger partial charge in [0.05, 0.1) is 13.1 Å². The Kier molecular flexibility index (Phi) is 3.25. The first-order valence-electron chi connectivity index (χ1n) is 3.99. The Morgan fingerprint density at radius 2 is 2.33 bits per heavy atom. The fourth-order valence-electron chi connectivity index (χ4n) is 0.686. The number of carbonyl (C=O) groups is 1. The van der Waals surface area contributed by atoms with Gasteiger partial charge in [0, 0.05) is 12.2 Å². The largest absolute Gasteiger partial charge is 0.396 e. The molecule has 1 aliphatic heterocycles. The number of aliphatic hydroxyl groups is 1. The topological polar surface area (TPSA) is 49.5 Å². The summed E-state index contributed by atoms with van der Waals surface area (Å²) in [5, 5.41) is 10.1. The first-order valence-corrected chi connectivity index (χ1v) is 3.99. The zero-order valence-corrected chi connectivity index (χ0v) is 7.12. The molecule has 0 amide bonds. The van der Waals surface area contributed by atoms with Crippen molar-refractivity contribution in [1.82, 2.24) is 5.06 Å². The Bertz CT molecular complexity index is 196. The van der Waals surface area contributed by atoms with Crippen LogP contribution in [0.25, 0.3) is 0 Å². The zero-order valence-electron chi connectivity index (χ0n) is 7.12. The Hall–Kier alpha value is -0.870. The molecule has 1 N–H and O–H groups in total. The second-order valence-corrected chi connectivity index (χ2v) is 2.71. The van der Waals surface area contributed by atoms with Gasteiger partial charge in [0.1, 0.15) is 0 Å². The van der Waals surface area contributed by atoms with E-state index in [2.05, 4.69) is 0 Å². The maximum Gasteiger partial charge on any atom is 0.352 e. The van der Waals surface area contributed by atoms with E-state index in [-0.39, 0.29) is 12.6 Å². The Morgan fingerprint density at radius 1 is 1.67 bits per heavy atom. The Labute approximate surface area is 71.4 Å². The minimum atomic E-state index is -0.319. The van der Waals surface area contributed by atoms with E-state index < -0.39 is 0 Å². The van der Waals surface area contributed by atoms with Crippen LogP contribution in [-0.2, 0) is 9.63 Å². The van der Waals surface area contributed by atoms with Crippen LogP contribution in [0.3, 0.4) is 0 Å². The monoisotopic (exact) mass is 171 g/mol. The van der Waals surface area contributed by atoms with Gasteiger partial charge in [-0.15, -0.1) is 5.06 Å². The third-order valence-corrected chi connectivity index (χ3v) is 1.52. The number of hydroxylamine groups is 2. The van der Waals surface area contributed by atoms with Crippen LogP contribution in [0.1, 0.15) is 13.3 Å². The predicted molar refractivity (Wildman–Crippen MR) is 43.1 cm³/mol. The smallest absolute Gasteiger partial charge is 0.352 e.